The Morgan fingerprint density at radius 3 is 2.86 bits per heavy atom. The molecule has 0 aliphatic heterocycles. The van der Waals surface area contributed by atoms with Gasteiger partial charge >= 0.3 is 0 Å². The maximum atomic E-state index is 10.8. The van der Waals surface area contributed by atoms with E-state index in [-0.39, 0.29) is 11.2 Å². The highest BCUT2D eigenvalue weighted by atomic mass is 16.6. The number of nitrogens with two attached hydrogens (primary N) is 1. The van der Waals surface area contributed by atoms with Crippen molar-refractivity contribution in [3.63, 3.8) is 0 Å². The summed E-state index contributed by atoms with van der Waals surface area (Å²) in [4.78, 5) is 17.8. The molecule has 0 bridgehead atoms. The number of nitrogens with one attached hydrogen (secondary N) is 2. The quantitative estimate of drug-likeness (QED) is 0.592. The van der Waals surface area contributed by atoms with Crippen LogP contribution in [-0.4, -0.2) is 27.0 Å². The van der Waals surface area contributed by atoms with Crippen molar-refractivity contribution in [3.8, 4) is 0 Å². The van der Waals surface area contributed by atoms with Gasteiger partial charge in [0.05, 0.1) is 16.0 Å². The average Bonchev–Trinajstić information content (AvgIpc) is 2.88. The fourth-order valence-corrected chi connectivity index (χ4v) is 2.89. The van der Waals surface area contributed by atoms with Gasteiger partial charge in [-0.15, -0.1) is 0 Å². The Balaban J connectivity index is 1.73. The van der Waals surface area contributed by atoms with Crippen molar-refractivity contribution in [2.75, 3.05) is 11.9 Å². The second kappa shape index (κ2) is 5.33. The van der Waals surface area contributed by atoms with E-state index in [1.165, 1.54) is 31.4 Å². The van der Waals surface area contributed by atoms with Crippen LogP contribution in [0.25, 0.3) is 11.0 Å². The molecule has 4 N–H and O–H groups in total. The Bertz CT molecular complexity index is 660. The molecule has 0 amide bonds. The van der Waals surface area contributed by atoms with Gasteiger partial charge in [0.15, 0.2) is 0 Å². The summed E-state index contributed by atoms with van der Waals surface area (Å²) >= 11 is 0. The van der Waals surface area contributed by atoms with Crippen molar-refractivity contribution in [2.24, 2.45) is 5.73 Å². The van der Waals surface area contributed by atoms with Crippen molar-refractivity contribution in [1.29, 1.82) is 0 Å². The zero-order valence-electron chi connectivity index (χ0n) is 11.8. The molecule has 1 saturated carbocycles. The van der Waals surface area contributed by atoms with Crippen LogP contribution in [0.15, 0.2) is 18.2 Å². The third kappa shape index (κ3) is 2.97. The summed E-state index contributed by atoms with van der Waals surface area (Å²) in [5.41, 5.74) is 7.61. The topological polar surface area (TPSA) is 110 Å². The molecule has 112 valence electrons. The SMILES string of the molecule is NC1(CNc2nc3ccc([N+](=O)[O-])cc3[nH]2)CCCCC1. The zero-order valence-corrected chi connectivity index (χ0v) is 11.8. The summed E-state index contributed by atoms with van der Waals surface area (Å²) in [6.45, 7) is 0.662. The Morgan fingerprint density at radius 2 is 2.14 bits per heavy atom. The molecule has 1 aromatic carbocycles. The van der Waals surface area contributed by atoms with Gasteiger partial charge in [0.25, 0.3) is 5.69 Å². The number of H-pyrrole nitrogens is 1. The highest BCUT2D eigenvalue weighted by molar-refractivity contribution is 5.79. The number of fused-ring (bicyclic) bond motifs is 1. The van der Waals surface area contributed by atoms with Crippen LogP contribution in [-0.2, 0) is 0 Å². The van der Waals surface area contributed by atoms with E-state index in [1.807, 2.05) is 0 Å². The molecule has 2 aromatic rings. The smallest absolute Gasteiger partial charge is 0.271 e. The van der Waals surface area contributed by atoms with E-state index in [0.29, 0.717) is 23.5 Å². The molecular weight excluding hydrogens is 270 g/mol. The van der Waals surface area contributed by atoms with E-state index in [9.17, 15) is 10.1 Å². The molecule has 1 aliphatic rings. The molecule has 1 aromatic heterocycles. The molecule has 0 atom stereocenters. The number of anilines is 1. The minimum atomic E-state index is -0.412. The number of nitrogens with zero attached hydrogens (tertiary/aromatic N) is 2. The van der Waals surface area contributed by atoms with Crippen LogP contribution in [0.3, 0.4) is 0 Å². The number of non-ortho nitro benzene ring substituents is 1. The Hall–Kier alpha value is -2.15. The van der Waals surface area contributed by atoms with Crippen LogP contribution in [0.1, 0.15) is 32.1 Å². The van der Waals surface area contributed by atoms with Crippen molar-refractivity contribution in [3.05, 3.63) is 28.3 Å². The van der Waals surface area contributed by atoms with Gasteiger partial charge in [-0.25, -0.2) is 4.98 Å². The second-order valence-electron chi connectivity index (χ2n) is 5.82. The lowest BCUT2D eigenvalue weighted by atomic mass is 9.82. The minimum Gasteiger partial charge on any atom is -0.354 e. The summed E-state index contributed by atoms with van der Waals surface area (Å²) in [5.74, 6) is 0.612. The number of benzene rings is 1. The lowest BCUT2D eigenvalue weighted by Gasteiger charge is -2.33. The number of imidazole rings is 1. The first-order chi connectivity index (χ1) is 10.1. The van der Waals surface area contributed by atoms with Gasteiger partial charge < -0.3 is 16.0 Å². The second-order valence-corrected chi connectivity index (χ2v) is 5.82. The Labute approximate surface area is 122 Å². The first-order valence-electron chi connectivity index (χ1n) is 7.23. The van der Waals surface area contributed by atoms with Crippen LogP contribution in [0.2, 0.25) is 0 Å². The largest absolute Gasteiger partial charge is 0.354 e. The van der Waals surface area contributed by atoms with E-state index in [1.54, 1.807) is 6.07 Å². The predicted molar refractivity (Wildman–Crippen MR) is 81.2 cm³/mol. The van der Waals surface area contributed by atoms with E-state index in [2.05, 4.69) is 15.3 Å². The molecule has 1 heterocycles. The third-order valence-corrected chi connectivity index (χ3v) is 4.13. The molecule has 7 nitrogen and oxygen atoms in total. The predicted octanol–water partition coefficient (Wildman–Crippen LogP) is 2.54. The highest BCUT2D eigenvalue weighted by Gasteiger charge is 2.27. The summed E-state index contributed by atoms with van der Waals surface area (Å²) in [5, 5.41) is 14.0. The van der Waals surface area contributed by atoms with E-state index in [0.717, 1.165) is 12.8 Å². The lowest BCUT2D eigenvalue weighted by Crippen LogP contribution is -2.47. The van der Waals surface area contributed by atoms with E-state index in [4.69, 9.17) is 5.73 Å². The van der Waals surface area contributed by atoms with Gasteiger partial charge in [-0.2, -0.15) is 0 Å². The fraction of sp³-hybridized carbons (Fsp3) is 0.500. The lowest BCUT2D eigenvalue weighted by molar-refractivity contribution is -0.384. The zero-order chi connectivity index (χ0) is 14.9. The first-order valence-corrected chi connectivity index (χ1v) is 7.23. The summed E-state index contributed by atoms with van der Waals surface area (Å²) in [7, 11) is 0. The summed E-state index contributed by atoms with van der Waals surface area (Å²) in [6, 6.07) is 4.60. The van der Waals surface area contributed by atoms with Crippen molar-refractivity contribution >= 4 is 22.7 Å². The number of hydrogen-bond acceptors (Lipinski definition) is 5. The van der Waals surface area contributed by atoms with E-state index < -0.39 is 4.92 Å². The maximum Gasteiger partial charge on any atom is 0.271 e. The number of aromatic amines is 1. The summed E-state index contributed by atoms with van der Waals surface area (Å²) in [6.07, 6.45) is 5.64. The standard InChI is InChI=1S/C14H19N5O2/c15-14(6-2-1-3-7-14)9-16-13-17-11-5-4-10(19(20)21)8-12(11)18-13/h4-5,8H,1-3,6-7,9,15H2,(H2,16,17,18). The Morgan fingerprint density at radius 1 is 1.38 bits per heavy atom. The highest BCUT2D eigenvalue weighted by Crippen LogP contribution is 2.26. The van der Waals surface area contributed by atoms with Crippen molar-refractivity contribution < 1.29 is 4.92 Å². The van der Waals surface area contributed by atoms with Crippen LogP contribution in [0.5, 0.6) is 0 Å². The van der Waals surface area contributed by atoms with Crippen LogP contribution in [0, 0.1) is 10.1 Å². The maximum absolute atomic E-state index is 10.8. The first kappa shape index (κ1) is 13.8. The van der Waals surface area contributed by atoms with Crippen molar-refractivity contribution in [1.82, 2.24) is 9.97 Å². The molecule has 3 rings (SSSR count). The molecule has 7 heteroatoms. The van der Waals surface area contributed by atoms with Gasteiger partial charge in [0, 0.05) is 24.2 Å². The molecule has 0 unspecified atom stereocenters. The average molecular weight is 289 g/mol. The number of rotatable bonds is 4. The number of nitro benzene ring substituents is 1. The van der Waals surface area contributed by atoms with Gasteiger partial charge in [0.2, 0.25) is 5.95 Å². The van der Waals surface area contributed by atoms with Crippen LogP contribution >= 0.6 is 0 Å². The molecule has 0 spiro atoms. The monoisotopic (exact) mass is 289 g/mol. The molecule has 0 radical (unpaired) electrons. The van der Waals surface area contributed by atoms with Crippen LogP contribution < -0.4 is 11.1 Å². The number of nitro groups is 1. The van der Waals surface area contributed by atoms with Crippen molar-refractivity contribution in [2.45, 2.75) is 37.6 Å². The normalized spacial score (nSPS) is 17.8. The van der Waals surface area contributed by atoms with Gasteiger partial charge in [-0.3, -0.25) is 10.1 Å². The molecule has 1 fully saturated rings. The van der Waals surface area contributed by atoms with E-state index >= 15 is 0 Å². The number of hydrogen-bond donors (Lipinski definition) is 3. The van der Waals surface area contributed by atoms with Crippen LogP contribution in [0.4, 0.5) is 11.6 Å². The molecule has 0 saturated heterocycles. The molecule has 1 aliphatic carbocycles. The molecule has 21 heavy (non-hydrogen) atoms. The van der Waals surface area contributed by atoms with Gasteiger partial charge in [-0.1, -0.05) is 19.3 Å². The fourth-order valence-electron chi connectivity index (χ4n) is 2.89. The summed E-state index contributed by atoms with van der Waals surface area (Å²) < 4.78 is 0. The third-order valence-electron chi connectivity index (χ3n) is 4.13. The molecular formula is C14H19N5O2. The minimum absolute atomic E-state index is 0.0558. The van der Waals surface area contributed by atoms with Gasteiger partial charge in [0.1, 0.15) is 0 Å². The Kier molecular flexibility index (Phi) is 3.50. The number of aromatic nitrogens is 2. The van der Waals surface area contributed by atoms with Gasteiger partial charge in [-0.05, 0) is 18.9 Å².